The number of aromatic nitrogens is 5. The fraction of sp³-hybridized carbons (Fsp3) is 0.444. The van der Waals surface area contributed by atoms with Gasteiger partial charge in [-0.25, -0.2) is 0 Å². The lowest BCUT2D eigenvalue weighted by molar-refractivity contribution is 0.169. The van der Waals surface area contributed by atoms with Crippen molar-refractivity contribution in [2.24, 2.45) is 0 Å². The lowest BCUT2D eigenvalue weighted by Crippen LogP contribution is -2.13. The van der Waals surface area contributed by atoms with Crippen molar-refractivity contribution in [3.05, 3.63) is 28.3 Å². The van der Waals surface area contributed by atoms with Crippen molar-refractivity contribution < 1.29 is 9.84 Å². The average Bonchev–Trinajstić information content (AvgIpc) is 2.95. The number of aliphatic hydroxyl groups excluding tert-OH is 1. The van der Waals surface area contributed by atoms with Gasteiger partial charge in [0.1, 0.15) is 11.8 Å². The minimum atomic E-state index is -0.873. The maximum absolute atomic E-state index is 10.2. The van der Waals surface area contributed by atoms with Crippen LogP contribution in [-0.2, 0) is 11.3 Å². The number of rotatable bonds is 5. The normalized spacial score (nSPS) is 12.9. The number of hydrogen-bond acceptors (Lipinski definition) is 5. The molecule has 0 saturated carbocycles. The molecule has 2 aromatic rings. The van der Waals surface area contributed by atoms with Crippen molar-refractivity contribution in [3.63, 3.8) is 0 Å². The van der Waals surface area contributed by atoms with Crippen molar-refractivity contribution >= 4 is 15.9 Å². The summed E-state index contributed by atoms with van der Waals surface area (Å²) in [5, 5.41) is 24.3. The zero-order chi connectivity index (χ0) is 12.3. The molecule has 0 spiro atoms. The first-order chi connectivity index (χ1) is 8.24. The van der Waals surface area contributed by atoms with Crippen LogP contribution in [0.5, 0.6) is 0 Å². The topological polar surface area (TPSA) is 88.9 Å². The lowest BCUT2D eigenvalue weighted by atomic mass is 10.2. The molecule has 0 aromatic carbocycles. The van der Waals surface area contributed by atoms with Gasteiger partial charge in [-0.1, -0.05) is 0 Å². The minimum Gasteiger partial charge on any atom is -0.383 e. The molecule has 1 atom stereocenters. The number of nitrogens with one attached hydrogen (secondary N) is 1. The van der Waals surface area contributed by atoms with Crippen LogP contribution in [0, 0.1) is 0 Å². The summed E-state index contributed by atoms with van der Waals surface area (Å²) in [6, 6.07) is 0. The third-order valence-electron chi connectivity index (χ3n) is 2.31. The highest BCUT2D eigenvalue weighted by molar-refractivity contribution is 9.10. The Hall–Kier alpha value is -1.25. The maximum Gasteiger partial charge on any atom is 0.142 e. The molecule has 0 aliphatic heterocycles. The van der Waals surface area contributed by atoms with Crippen LogP contribution in [0.15, 0.2) is 16.9 Å². The summed E-state index contributed by atoms with van der Waals surface area (Å²) < 4.78 is 7.39. The summed E-state index contributed by atoms with van der Waals surface area (Å²) in [7, 11) is 1.62. The standard InChI is InChI=1S/C9H12BrN5O2/c1-17-3-2-15-8(6(10)4-12-15)9(16)7-5-11-14-13-7/h4-5,9,16H,2-3H2,1H3,(H,11,13,14). The van der Waals surface area contributed by atoms with E-state index in [9.17, 15) is 5.11 Å². The summed E-state index contributed by atoms with van der Waals surface area (Å²) in [5.41, 5.74) is 1.08. The summed E-state index contributed by atoms with van der Waals surface area (Å²) in [4.78, 5) is 0. The summed E-state index contributed by atoms with van der Waals surface area (Å²) in [5.74, 6) is 0. The second-order valence-corrected chi connectivity index (χ2v) is 4.25. The molecule has 0 bridgehead atoms. The van der Waals surface area contributed by atoms with Crippen molar-refractivity contribution in [3.8, 4) is 0 Å². The van der Waals surface area contributed by atoms with Gasteiger partial charge in [-0.2, -0.15) is 20.5 Å². The third-order valence-corrected chi connectivity index (χ3v) is 2.92. The number of nitrogens with zero attached hydrogens (tertiary/aromatic N) is 4. The highest BCUT2D eigenvalue weighted by Gasteiger charge is 2.21. The van der Waals surface area contributed by atoms with Gasteiger partial charge in [0, 0.05) is 7.11 Å². The Kier molecular flexibility index (Phi) is 3.87. The number of aromatic amines is 1. The summed E-state index contributed by atoms with van der Waals surface area (Å²) in [6.45, 7) is 1.08. The molecule has 0 aliphatic carbocycles. The van der Waals surface area contributed by atoms with Crippen molar-refractivity contribution in [1.29, 1.82) is 0 Å². The van der Waals surface area contributed by atoms with Crippen LogP contribution in [-0.4, -0.2) is 44.0 Å². The quantitative estimate of drug-likeness (QED) is 0.839. The van der Waals surface area contributed by atoms with Crippen LogP contribution in [0.25, 0.3) is 0 Å². The number of aliphatic hydroxyl groups is 1. The first-order valence-electron chi connectivity index (χ1n) is 4.98. The molecule has 7 nitrogen and oxygen atoms in total. The lowest BCUT2D eigenvalue weighted by Gasteiger charge is -2.11. The number of hydrogen-bond donors (Lipinski definition) is 2. The van der Waals surface area contributed by atoms with E-state index in [0.717, 1.165) is 4.47 Å². The number of halogens is 1. The van der Waals surface area contributed by atoms with E-state index in [4.69, 9.17) is 4.74 Å². The van der Waals surface area contributed by atoms with Gasteiger partial charge in [0.25, 0.3) is 0 Å². The molecule has 2 rings (SSSR count). The number of ether oxygens (including phenoxy) is 1. The smallest absolute Gasteiger partial charge is 0.142 e. The third kappa shape index (κ3) is 2.54. The Morgan fingerprint density at radius 1 is 1.59 bits per heavy atom. The van der Waals surface area contributed by atoms with Gasteiger partial charge in [0.15, 0.2) is 0 Å². The Bertz CT molecular complexity index is 470. The molecule has 92 valence electrons. The van der Waals surface area contributed by atoms with Gasteiger partial charge in [0.05, 0.1) is 35.7 Å². The van der Waals surface area contributed by atoms with Crippen molar-refractivity contribution in [2.75, 3.05) is 13.7 Å². The molecule has 0 saturated heterocycles. The maximum atomic E-state index is 10.2. The van der Waals surface area contributed by atoms with Crippen LogP contribution in [0.4, 0.5) is 0 Å². The van der Waals surface area contributed by atoms with Crippen molar-refractivity contribution in [1.82, 2.24) is 25.2 Å². The van der Waals surface area contributed by atoms with Crippen LogP contribution >= 0.6 is 15.9 Å². The van der Waals surface area contributed by atoms with E-state index in [0.29, 0.717) is 24.5 Å². The van der Waals surface area contributed by atoms with Crippen LogP contribution in [0.2, 0.25) is 0 Å². The molecule has 0 amide bonds. The van der Waals surface area contributed by atoms with E-state index >= 15 is 0 Å². The van der Waals surface area contributed by atoms with Crippen LogP contribution in [0.1, 0.15) is 17.5 Å². The van der Waals surface area contributed by atoms with Gasteiger partial charge in [-0.3, -0.25) is 4.68 Å². The van der Waals surface area contributed by atoms with E-state index < -0.39 is 6.10 Å². The second kappa shape index (κ2) is 5.39. The molecule has 0 radical (unpaired) electrons. The Balaban J connectivity index is 2.27. The van der Waals surface area contributed by atoms with E-state index in [1.165, 1.54) is 6.20 Å². The average molecular weight is 302 g/mol. The first-order valence-corrected chi connectivity index (χ1v) is 5.77. The second-order valence-electron chi connectivity index (χ2n) is 3.39. The first kappa shape index (κ1) is 12.2. The Morgan fingerprint density at radius 3 is 3.06 bits per heavy atom. The monoisotopic (exact) mass is 301 g/mol. The SMILES string of the molecule is COCCn1ncc(Br)c1C(O)c1cn[nH]n1. The summed E-state index contributed by atoms with van der Waals surface area (Å²) >= 11 is 3.35. The largest absolute Gasteiger partial charge is 0.383 e. The molecule has 1 unspecified atom stereocenters. The van der Waals surface area contributed by atoms with Crippen molar-refractivity contribution in [2.45, 2.75) is 12.6 Å². The number of methoxy groups -OCH3 is 1. The predicted molar refractivity (Wildman–Crippen MR) is 62.2 cm³/mol. The zero-order valence-electron chi connectivity index (χ0n) is 9.17. The molecule has 8 heteroatoms. The Morgan fingerprint density at radius 2 is 2.41 bits per heavy atom. The minimum absolute atomic E-state index is 0.449. The fourth-order valence-corrected chi connectivity index (χ4v) is 2.00. The molecule has 0 aliphatic rings. The Labute approximate surface area is 106 Å². The van der Waals surface area contributed by atoms with E-state index in [-0.39, 0.29) is 0 Å². The van der Waals surface area contributed by atoms with Gasteiger partial charge in [-0.15, -0.1) is 0 Å². The van der Waals surface area contributed by atoms with Gasteiger partial charge < -0.3 is 9.84 Å². The molecular weight excluding hydrogens is 290 g/mol. The zero-order valence-corrected chi connectivity index (χ0v) is 10.8. The predicted octanol–water partition coefficient (Wildman–Crippen LogP) is 0.492. The fourth-order valence-electron chi connectivity index (χ4n) is 1.48. The van der Waals surface area contributed by atoms with Gasteiger partial charge in [-0.05, 0) is 15.9 Å². The molecule has 17 heavy (non-hydrogen) atoms. The van der Waals surface area contributed by atoms with Crippen LogP contribution < -0.4 is 0 Å². The van der Waals surface area contributed by atoms with E-state index in [1.54, 1.807) is 18.0 Å². The van der Waals surface area contributed by atoms with E-state index in [1.807, 2.05) is 0 Å². The number of H-pyrrole nitrogens is 1. The molecular formula is C9H12BrN5O2. The highest BCUT2D eigenvalue weighted by atomic mass is 79.9. The molecule has 2 aromatic heterocycles. The van der Waals surface area contributed by atoms with Gasteiger partial charge in [0.2, 0.25) is 0 Å². The van der Waals surface area contributed by atoms with E-state index in [2.05, 4.69) is 36.4 Å². The van der Waals surface area contributed by atoms with Crippen LogP contribution in [0.3, 0.4) is 0 Å². The highest BCUT2D eigenvalue weighted by Crippen LogP contribution is 2.26. The summed E-state index contributed by atoms with van der Waals surface area (Å²) in [6.07, 6.45) is 2.24. The molecule has 2 heterocycles. The van der Waals surface area contributed by atoms with Gasteiger partial charge >= 0.3 is 0 Å². The molecule has 0 fully saturated rings. The molecule has 2 N–H and O–H groups in total.